The molecule has 0 radical (unpaired) electrons. The summed E-state index contributed by atoms with van der Waals surface area (Å²) in [5.41, 5.74) is 1.88. The van der Waals surface area contributed by atoms with Crippen molar-refractivity contribution in [1.82, 2.24) is 5.32 Å². The van der Waals surface area contributed by atoms with Crippen LogP contribution in [0.4, 0.5) is 5.69 Å². The van der Waals surface area contributed by atoms with Gasteiger partial charge in [0.2, 0.25) is 11.8 Å². The molecule has 25 heavy (non-hydrogen) atoms. The van der Waals surface area contributed by atoms with E-state index in [2.05, 4.69) is 24.5 Å². The Kier molecular flexibility index (Phi) is 7.52. The molecule has 6 heteroatoms. The quantitative estimate of drug-likeness (QED) is 0.724. The number of rotatable bonds is 8. The summed E-state index contributed by atoms with van der Waals surface area (Å²) < 4.78 is 0. The van der Waals surface area contributed by atoms with Crippen LogP contribution in [0.1, 0.15) is 30.3 Å². The standard InChI is InChI=1S/C19H24N2O2S2/c1-13(2)19(16-8-5-9-25-16)21-18(23)12-24-11-17(22)20-15-7-4-6-14(3)10-15/h4-10,13,19H,11-12H2,1-3H3,(H,20,22)(H,21,23)/t19-/m0/s1. The third-order valence-corrected chi connectivity index (χ3v) is 5.49. The number of aryl methyl sites for hydroxylation is 1. The maximum atomic E-state index is 12.2. The lowest BCUT2D eigenvalue weighted by Crippen LogP contribution is -2.32. The summed E-state index contributed by atoms with van der Waals surface area (Å²) in [4.78, 5) is 25.3. The first-order valence-electron chi connectivity index (χ1n) is 8.22. The van der Waals surface area contributed by atoms with E-state index in [0.717, 1.165) is 16.1 Å². The van der Waals surface area contributed by atoms with Crippen molar-refractivity contribution in [2.24, 2.45) is 5.92 Å². The highest BCUT2D eigenvalue weighted by molar-refractivity contribution is 8.00. The average Bonchev–Trinajstić information content (AvgIpc) is 3.06. The van der Waals surface area contributed by atoms with Gasteiger partial charge in [0.25, 0.3) is 0 Å². The number of hydrogen-bond donors (Lipinski definition) is 2. The van der Waals surface area contributed by atoms with Crippen molar-refractivity contribution in [2.45, 2.75) is 26.8 Å². The van der Waals surface area contributed by atoms with Crippen LogP contribution in [0.5, 0.6) is 0 Å². The molecule has 0 saturated heterocycles. The summed E-state index contributed by atoms with van der Waals surface area (Å²) in [6, 6.07) is 11.7. The smallest absolute Gasteiger partial charge is 0.234 e. The fraction of sp³-hybridized carbons (Fsp3) is 0.368. The molecule has 1 atom stereocenters. The molecular weight excluding hydrogens is 352 g/mol. The number of nitrogens with one attached hydrogen (secondary N) is 2. The molecule has 2 aromatic rings. The molecule has 0 aliphatic carbocycles. The number of hydrogen-bond acceptors (Lipinski definition) is 4. The third-order valence-electron chi connectivity index (χ3n) is 3.60. The molecule has 2 rings (SSSR count). The summed E-state index contributed by atoms with van der Waals surface area (Å²) in [5.74, 6) is 0.711. The van der Waals surface area contributed by atoms with Crippen LogP contribution in [0.3, 0.4) is 0 Å². The van der Waals surface area contributed by atoms with E-state index in [-0.39, 0.29) is 29.4 Å². The van der Waals surface area contributed by atoms with Crippen LogP contribution in [0, 0.1) is 12.8 Å². The largest absolute Gasteiger partial charge is 0.348 e. The van der Waals surface area contributed by atoms with Gasteiger partial charge in [-0.3, -0.25) is 9.59 Å². The molecule has 0 aliphatic heterocycles. The number of carbonyl (C=O) groups is 2. The first-order valence-corrected chi connectivity index (χ1v) is 10.3. The Hall–Kier alpha value is -1.79. The topological polar surface area (TPSA) is 58.2 Å². The molecule has 2 N–H and O–H groups in total. The number of benzene rings is 1. The second-order valence-electron chi connectivity index (χ2n) is 6.22. The molecule has 1 aromatic heterocycles. The van der Waals surface area contributed by atoms with Crippen molar-refractivity contribution >= 4 is 40.6 Å². The fourth-order valence-corrected chi connectivity index (χ4v) is 3.98. The minimum atomic E-state index is -0.0953. The lowest BCUT2D eigenvalue weighted by molar-refractivity contribution is -0.119. The first kappa shape index (κ1) is 19.5. The van der Waals surface area contributed by atoms with Gasteiger partial charge in [0.1, 0.15) is 0 Å². The lowest BCUT2D eigenvalue weighted by Gasteiger charge is -2.21. The van der Waals surface area contributed by atoms with Gasteiger partial charge in [0, 0.05) is 10.6 Å². The summed E-state index contributed by atoms with van der Waals surface area (Å²) in [6.45, 7) is 6.16. The Balaban J connectivity index is 1.75. The van der Waals surface area contributed by atoms with Crippen LogP contribution in [-0.4, -0.2) is 23.3 Å². The van der Waals surface area contributed by atoms with E-state index >= 15 is 0 Å². The molecule has 0 aliphatic rings. The number of thioether (sulfide) groups is 1. The third kappa shape index (κ3) is 6.55. The molecule has 0 spiro atoms. The van der Waals surface area contributed by atoms with E-state index in [1.54, 1.807) is 11.3 Å². The summed E-state index contributed by atoms with van der Waals surface area (Å²) >= 11 is 2.97. The predicted octanol–water partition coefficient (Wildman–Crippen LogP) is 4.24. The zero-order chi connectivity index (χ0) is 18.2. The zero-order valence-corrected chi connectivity index (χ0v) is 16.4. The van der Waals surface area contributed by atoms with Crippen LogP contribution >= 0.6 is 23.1 Å². The van der Waals surface area contributed by atoms with Crippen LogP contribution in [0.25, 0.3) is 0 Å². The van der Waals surface area contributed by atoms with Gasteiger partial charge in [0.05, 0.1) is 17.5 Å². The van der Waals surface area contributed by atoms with E-state index < -0.39 is 0 Å². The highest BCUT2D eigenvalue weighted by Gasteiger charge is 2.19. The van der Waals surface area contributed by atoms with E-state index in [4.69, 9.17) is 0 Å². The van der Waals surface area contributed by atoms with Gasteiger partial charge < -0.3 is 10.6 Å². The van der Waals surface area contributed by atoms with Crippen LogP contribution in [0.15, 0.2) is 41.8 Å². The Morgan fingerprint density at radius 2 is 1.88 bits per heavy atom. The van der Waals surface area contributed by atoms with Gasteiger partial charge in [-0.15, -0.1) is 23.1 Å². The maximum Gasteiger partial charge on any atom is 0.234 e. The van der Waals surface area contributed by atoms with Crippen LogP contribution in [0.2, 0.25) is 0 Å². The second kappa shape index (κ2) is 9.63. The molecule has 4 nitrogen and oxygen atoms in total. The second-order valence-corrected chi connectivity index (χ2v) is 8.18. The molecule has 1 heterocycles. The van der Waals surface area contributed by atoms with Gasteiger partial charge in [-0.25, -0.2) is 0 Å². The van der Waals surface area contributed by atoms with Gasteiger partial charge in [0.15, 0.2) is 0 Å². The summed E-state index contributed by atoms with van der Waals surface area (Å²) in [5, 5.41) is 7.93. The number of thiophene rings is 1. The highest BCUT2D eigenvalue weighted by atomic mass is 32.2. The minimum absolute atomic E-state index is 0.0224. The molecule has 134 valence electrons. The number of anilines is 1. The monoisotopic (exact) mass is 376 g/mol. The first-order chi connectivity index (χ1) is 12.0. The molecule has 0 fully saturated rings. The van der Waals surface area contributed by atoms with E-state index in [1.807, 2.05) is 48.7 Å². The van der Waals surface area contributed by atoms with Crippen molar-refractivity contribution in [3.8, 4) is 0 Å². The number of carbonyl (C=O) groups excluding carboxylic acids is 2. The van der Waals surface area contributed by atoms with Gasteiger partial charge in [-0.2, -0.15) is 0 Å². The average molecular weight is 377 g/mol. The molecule has 0 unspecified atom stereocenters. The van der Waals surface area contributed by atoms with Crippen LogP contribution in [-0.2, 0) is 9.59 Å². The van der Waals surface area contributed by atoms with Crippen molar-refractivity contribution in [1.29, 1.82) is 0 Å². The van der Waals surface area contributed by atoms with Gasteiger partial charge in [-0.05, 0) is 42.0 Å². The predicted molar refractivity (Wildman–Crippen MR) is 107 cm³/mol. The Morgan fingerprint density at radius 1 is 1.12 bits per heavy atom. The minimum Gasteiger partial charge on any atom is -0.348 e. The lowest BCUT2D eigenvalue weighted by atomic mass is 10.0. The van der Waals surface area contributed by atoms with Gasteiger partial charge >= 0.3 is 0 Å². The SMILES string of the molecule is Cc1cccc(NC(=O)CSCC(=O)N[C@H](c2cccs2)C(C)C)c1. The van der Waals surface area contributed by atoms with Crippen molar-refractivity contribution in [2.75, 3.05) is 16.8 Å². The van der Waals surface area contributed by atoms with E-state index in [0.29, 0.717) is 5.92 Å². The zero-order valence-electron chi connectivity index (χ0n) is 14.7. The van der Waals surface area contributed by atoms with Crippen molar-refractivity contribution in [3.05, 3.63) is 52.2 Å². The molecule has 1 aromatic carbocycles. The van der Waals surface area contributed by atoms with Crippen molar-refractivity contribution < 1.29 is 9.59 Å². The Bertz CT molecular complexity index is 699. The number of amides is 2. The van der Waals surface area contributed by atoms with Crippen LogP contribution < -0.4 is 10.6 Å². The Morgan fingerprint density at radius 3 is 2.52 bits per heavy atom. The molecule has 2 amide bonds. The maximum absolute atomic E-state index is 12.2. The Labute approximate surface area is 157 Å². The molecule has 0 bridgehead atoms. The molecular formula is C19H24N2O2S2. The van der Waals surface area contributed by atoms with Crippen molar-refractivity contribution in [3.63, 3.8) is 0 Å². The fourth-order valence-electron chi connectivity index (χ4n) is 2.41. The van der Waals surface area contributed by atoms with E-state index in [9.17, 15) is 9.59 Å². The van der Waals surface area contributed by atoms with E-state index in [1.165, 1.54) is 11.8 Å². The molecule has 0 saturated carbocycles. The summed E-state index contributed by atoms with van der Waals surface area (Å²) in [6.07, 6.45) is 0. The highest BCUT2D eigenvalue weighted by Crippen LogP contribution is 2.25. The normalized spacial score (nSPS) is 12.0. The van der Waals surface area contributed by atoms with Gasteiger partial charge in [-0.1, -0.05) is 32.0 Å². The summed E-state index contributed by atoms with van der Waals surface area (Å²) in [7, 11) is 0.